The Kier molecular flexibility index (Phi) is 4.67. The lowest BCUT2D eigenvalue weighted by atomic mass is 9.97. The van der Waals surface area contributed by atoms with Crippen molar-refractivity contribution in [3.63, 3.8) is 0 Å². The minimum absolute atomic E-state index is 0.0212. The molecule has 2 aliphatic rings. The molecule has 0 saturated heterocycles. The highest BCUT2D eigenvalue weighted by atomic mass is 19.4. The van der Waals surface area contributed by atoms with Crippen LogP contribution in [0.25, 0.3) is 11.4 Å². The minimum atomic E-state index is -4.86. The van der Waals surface area contributed by atoms with Crippen LogP contribution in [-0.4, -0.2) is 25.7 Å². The maximum atomic E-state index is 15.0. The third-order valence-electron chi connectivity index (χ3n) is 6.16. The maximum Gasteiger partial charge on any atom is 0.433 e. The van der Waals surface area contributed by atoms with Gasteiger partial charge in [0.05, 0.1) is 5.56 Å². The number of aryl methyl sites for hydroxylation is 1. The number of nitrogens with two attached hydrogens (primary N) is 1. The van der Waals surface area contributed by atoms with E-state index in [1.54, 1.807) is 6.92 Å². The molecule has 176 valence electrons. The summed E-state index contributed by atoms with van der Waals surface area (Å²) in [6.07, 6.45) is -4.28. The number of benzene rings is 1. The SMILES string of the molecule is Cc1cc([C@](C)(O)C#Cc2cc3c(cc2F)C2CC2Cn2c-3nc(C(N)=O)c2C(F)(F)F)no1. The summed E-state index contributed by atoms with van der Waals surface area (Å²) in [4.78, 5) is 15.7. The number of hydrogen-bond acceptors (Lipinski definition) is 5. The maximum absolute atomic E-state index is 15.0. The number of rotatable bonds is 2. The van der Waals surface area contributed by atoms with Gasteiger partial charge in [-0.15, -0.1) is 0 Å². The normalized spacial score (nSPS) is 20.2. The first-order chi connectivity index (χ1) is 15.9. The summed E-state index contributed by atoms with van der Waals surface area (Å²) in [7, 11) is 0. The molecule has 1 aliphatic carbocycles. The van der Waals surface area contributed by atoms with E-state index in [0.717, 1.165) is 4.57 Å². The summed E-state index contributed by atoms with van der Waals surface area (Å²) >= 11 is 0. The van der Waals surface area contributed by atoms with Crippen molar-refractivity contribution in [1.29, 1.82) is 0 Å². The first kappa shape index (κ1) is 22.2. The third-order valence-corrected chi connectivity index (χ3v) is 6.16. The Hall–Kier alpha value is -3.65. The zero-order valence-electron chi connectivity index (χ0n) is 18.0. The number of amides is 1. The molecule has 2 aromatic heterocycles. The van der Waals surface area contributed by atoms with Crippen LogP contribution in [0.15, 0.2) is 22.7 Å². The number of fused-ring (bicyclic) bond motifs is 5. The lowest BCUT2D eigenvalue weighted by Gasteiger charge is -2.14. The first-order valence-corrected chi connectivity index (χ1v) is 10.4. The highest BCUT2D eigenvalue weighted by Gasteiger charge is 2.48. The Morgan fingerprint density at radius 1 is 1.32 bits per heavy atom. The van der Waals surface area contributed by atoms with Crippen molar-refractivity contribution < 1.29 is 32.0 Å². The Morgan fingerprint density at radius 3 is 2.68 bits per heavy atom. The molecule has 3 heterocycles. The Morgan fingerprint density at radius 2 is 2.06 bits per heavy atom. The highest BCUT2D eigenvalue weighted by molar-refractivity contribution is 5.93. The van der Waals surface area contributed by atoms with Crippen LogP contribution in [0.5, 0.6) is 0 Å². The molecule has 1 saturated carbocycles. The van der Waals surface area contributed by atoms with Gasteiger partial charge in [-0.2, -0.15) is 13.2 Å². The van der Waals surface area contributed by atoms with E-state index in [9.17, 15) is 27.5 Å². The summed E-state index contributed by atoms with van der Waals surface area (Å²) in [5, 5.41) is 14.3. The second-order valence-corrected chi connectivity index (χ2v) is 8.77. The van der Waals surface area contributed by atoms with Crippen molar-refractivity contribution in [2.75, 3.05) is 0 Å². The van der Waals surface area contributed by atoms with Crippen LogP contribution in [0, 0.1) is 30.5 Å². The fourth-order valence-electron chi connectivity index (χ4n) is 4.39. The Bertz CT molecular complexity index is 1410. The molecule has 0 bridgehead atoms. The van der Waals surface area contributed by atoms with Crippen LogP contribution < -0.4 is 5.73 Å². The zero-order chi connectivity index (χ0) is 24.6. The largest absolute Gasteiger partial charge is 0.433 e. The molecule has 3 N–H and O–H groups in total. The van der Waals surface area contributed by atoms with Gasteiger partial charge in [0.1, 0.15) is 23.1 Å². The molecule has 3 aromatic rings. The van der Waals surface area contributed by atoms with Crippen molar-refractivity contribution in [3.8, 4) is 23.2 Å². The lowest BCUT2D eigenvalue weighted by molar-refractivity contribution is -0.143. The van der Waals surface area contributed by atoms with Gasteiger partial charge in [0.25, 0.3) is 5.91 Å². The molecule has 1 amide bonds. The van der Waals surface area contributed by atoms with Crippen molar-refractivity contribution in [1.82, 2.24) is 14.7 Å². The topological polar surface area (TPSA) is 107 Å². The number of alkyl halides is 3. The number of hydrogen-bond donors (Lipinski definition) is 2. The number of imidazole rings is 1. The predicted molar refractivity (Wildman–Crippen MR) is 110 cm³/mol. The molecule has 2 unspecified atom stereocenters. The van der Waals surface area contributed by atoms with Crippen LogP contribution in [0.1, 0.15) is 58.0 Å². The molecule has 5 rings (SSSR count). The third kappa shape index (κ3) is 3.54. The fraction of sp³-hybridized carbons (Fsp3) is 0.348. The lowest BCUT2D eigenvalue weighted by Crippen LogP contribution is -2.22. The van der Waals surface area contributed by atoms with E-state index in [4.69, 9.17) is 10.3 Å². The van der Waals surface area contributed by atoms with Gasteiger partial charge in [0, 0.05) is 18.2 Å². The van der Waals surface area contributed by atoms with Gasteiger partial charge >= 0.3 is 6.18 Å². The summed E-state index contributed by atoms with van der Waals surface area (Å²) in [6, 6.07) is 4.02. The summed E-state index contributed by atoms with van der Waals surface area (Å²) in [6.45, 7) is 2.97. The average molecular weight is 474 g/mol. The molecular weight excluding hydrogens is 456 g/mol. The van der Waals surface area contributed by atoms with Crippen molar-refractivity contribution in [2.24, 2.45) is 11.7 Å². The van der Waals surface area contributed by atoms with Crippen LogP contribution >= 0.6 is 0 Å². The number of carbonyl (C=O) groups is 1. The molecule has 34 heavy (non-hydrogen) atoms. The van der Waals surface area contributed by atoms with Gasteiger partial charge in [-0.1, -0.05) is 17.0 Å². The van der Waals surface area contributed by atoms with Gasteiger partial charge in [0.2, 0.25) is 0 Å². The number of halogens is 4. The van der Waals surface area contributed by atoms with Crippen LogP contribution in [0.4, 0.5) is 17.6 Å². The second-order valence-electron chi connectivity index (χ2n) is 8.77. The molecule has 1 aromatic carbocycles. The van der Waals surface area contributed by atoms with Crippen molar-refractivity contribution >= 4 is 5.91 Å². The number of primary amides is 1. The number of aromatic nitrogens is 3. The Labute approximate surface area is 190 Å². The fourth-order valence-corrected chi connectivity index (χ4v) is 4.39. The number of carbonyl (C=O) groups excluding carboxylic acids is 1. The molecule has 11 heteroatoms. The van der Waals surface area contributed by atoms with Gasteiger partial charge in [0.15, 0.2) is 17.0 Å². The summed E-state index contributed by atoms with van der Waals surface area (Å²) in [5.41, 5.74) is 2.06. The van der Waals surface area contributed by atoms with Gasteiger partial charge in [-0.05, 0) is 49.8 Å². The monoisotopic (exact) mass is 474 g/mol. The first-order valence-electron chi connectivity index (χ1n) is 10.4. The van der Waals surface area contributed by atoms with E-state index in [2.05, 4.69) is 22.0 Å². The Balaban J connectivity index is 1.67. The van der Waals surface area contributed by atoms with Gasteiger partial charge in [-0.25, -0.2) is 9.37 Å². The van der Waals surface area contributed by atoms with Crippen LogP contribution in [0.3, 0.4) is 0 Å². The van der Waals surface area contributed by atoms with E-state index < -0.39 is 34.9 Å². The zero-order valence-corrected chi connectivity index (χ0v) is 18.0. The number of aliphatic hydroxyl groups is 1. The number of nitrogens with zero attached hydrogens (tertiary/aromatic N) is 3. The molecule has 1 fully saturated rings. The van der Waals surface area contributed by atoms with Crippen molar-refractivity contribution in [3.05, 3.63) is 58.0 Å². The van der Waals surface area contributed by atoms with Crippen LogP contribution in [-0.2, 0) is 18.3 Å². The predicted octanol–water partition coefficient (Wildman–Crippen LogP) is 3.48. The molecule has 0 spiro atoms. The quantitative estimate of drug-likeness (QED) is 0.437. The van der Waals surface area contributed by atoms with E-state index in [-0.39, 0.29) is 41.0 Å². The van der Waals surface area contributed by atoms with E-state index in [1.165, 1.54) is 25.1 Å². The molecule has 1 aliphatic heterocycles. The van der Waals surface area contributed by atoms with E-state index in [1.807, 2.05) is 0 Å². The van der Waals surface area contributed by atoms with Gasteiger partial charge < -0.3 is 19.9 Å². The summed E-state index contributed by atoms with van der Waals surface area (Å²) < 4.78 is 62.4. The molecule has 0 radical (unpaired) electrons. The smallest absolute Gasteiger partial charge is 0.372 e. The molecular formula is C23H18F4N4O3. The standard InChI is InChI=1S/C23H18F4N4O3/c1-10-5-17(30-34-10)22(2,33)4-3-11-6-15-14(8-16(11)24)13-7-12(13)9-31-19(23(25,26)27)18(20(28)32)29-21(15)31/h5-6,8,12-13,33H,7,9H2,1-2H3,(H2,28,32)/t12?,13?,22-/m1/s1. The van der Waals surface area contributed by atoms with E-state index in [0.29, 0.717) is 17.7 Å². The van der Waals surface area contributed by atoms with Gasteiger partial charge in [-0.3, -0.25) is 4.79 Å². The van der Waals surface area contributed by atoms with E-state index >= 15 is 0 Å². The minimum Gasteiger partial charge on any atom is -0.372 e. The molecule has 7 nitrogen and oxygen atoms in total. The second kappa shape index (κ2) is 7.17. The molecule has 3 atom stereocenters. The van der Waals surface area contributed by atoms with Crippen molar-refractivity contribution in [2.45, 2.75) is 44.5 Å². The van der Waals surface area contributed by atoms with Crippen LogP contribution in [0.2, 0.25) is 0 Å². The average Bonchev–Trinajstić information content (AvgIpc) is 3.18. The summed E-state index contributed by atoms with van der Waals surface area (Å²) in [5.74, 6) is 3.15. The highest BCUT2D eigenvalue weighted by Crippen LogP contribution is 2.55.